The van der Waals surface area contributed by atoms with Gasteiger partial charge in [0.1, 0.15) is 11.5 Å². The van der Waals surface area contributed by atoms with E-state index in [0.717, 1.165) is 32.5 Å². The van der Waals surface area contributed by atoms with Crippen LogP contribution in [0.25, 0.3) is 0 Å². The third-order valence-electron chi connectivity index (χ3n) is 2.97. The molecule has 106 valence electrons. The minimum Gasteiger partial charge on any atom is -0.497 e. The normalized spacial score (nSPS) is 10.2. The Morgan fingerprint density at radius 2 is 1.50 bits per heavy atom. The second kappa shape index (κ2) is 6.81. The summed E-state index contributed by atoms with van der Waals surface area (Å²) in [5, 5.41) is 3.34. The quantitative estimate of drug-likeness (QED) is 0.732. The van der Waals surface area contributed by atoms with Crippen molar-refractivity contribution in [2.45, 2.75) is 16.3 Å². The highest BCUT2D eigenvalue weighted by atomic mass is 32.1. The average Bonchev–Trinajstić information content (AvgIpc) is 2.46. The molecule has 0 saturated heterocycles. The molecular weight excluding hydrogens is 290 g/mol. The maximum Gasteiger partial charge on any atom is 0.120 e. The van der Waals surface area contributed by atoms with Gasteiger partial charge < -0.3 is 14.8 Å². The molecule has 0 aliphatic carbocycles. The highest BCUT2D eigenvalue weighted by molar-refractivity contribution is 7.80. The number of hydrogen-bond acceptors (Lipinski definition) is 5. The molecule has 0 spiro atoms. The molecule has 0 unspecified atom stereocenters. The minimum atomic E-state index is 0.669. The summed E-state index contributed by atoms with van der Waals surface area (Å²) < 4.78 is 10.3. The van der Waals surface area contributed by atoms with Crippen molar-refractivity contribution in [2.24, 2.45) is 0 Å². The third kappa shape index (κ3) is 3.55. The number of ether oxygens (including phenoxy) is 2. The maximum absolute atomic E-state index is 5.16. The second-order valence-electron chi connectivity index (χ2n) is 4.23. The lowest BCUT2D eigenvalue weighted by molar-refractivity contribution is 0.413. The number of nitrogens with one attached hydrogen (secondary N) is 1. The van der Waals surface area contributed by atoms with Crippen molar-refractivity contribution in [3.05, 3.63) is 42.0 Å². The smallest absolute Gasteiger partial charge is 0.120 e. The van der Waals surface area contributed by atoms with Gasteiger partial charge in [-0.1, -0.05) is 6.07 Å². The molecule has 0 heterocycles. The molecule has 0 radical (unpaired) electrons. The summed E-state index contributed by atoms with van der Waals surface area (Å²) in [5.74, 6) is 1.60. The van der Waals surface area contributed by atoms with Gasteiger partial charge in [-0.15, -0.1) is 25.3 Å². The van der Waals surface area contributed by atoms with E-state index in [4.69, 9.17) is 9.47 Å². The van der Waals surface area contributed by atoms with Crippen LogP contribution in [0.2, 0.25) is 0 Å². The maximum atomic E-state index is 5.16. The van der Waals surface area contributed by atoms with Gasteiger partial charge in [0.15, 0.2) is 0 Å². The summed E-state index contributed by atoms with van der Waals surface area (Å²) in [6, 6.07) is 11.5. The summed E-state index contributed by atoms with van der Waals surface area (Å²) in [4.78, 5) is 1.74. The SMILES string of the molecule is COc1ccc(CNc2ccc(OC)cc2S)c(S)c1. The van der Waals surface area contributed by atoms with Gasteiger partial charge >= 0.3 is 0 Å². The molecule has 1 N–H and O–H groups in total. The van der Waals surface area contributed by atoms with Crippen LogP contribution in [0.4, 0.5) is 5.69 Å². The Hall–Kier alpha value is -1.46. The fourth-order valence-corrected chi connectivity index (χ4v) is 2.36. The molecular formula is C15H17NO2S2. The van der Waals surface area contributed by atoms with E-state index in [1.54, 1.807) is 14.2 Å². The number of anilines is 1. The number of hydrogen-bond donors (Lipinski definition) is 3. The lowest BCUT2D eigenvalue weighted by Gasteiger charge is -2.12. The van der Waals surface area contributed by atoms with Crippen LogP contribution < -0.4 is 14.8 Å². The molecule has 5 heteroatoms. The van der Waals surface area contributed by atoms with E-state index in [2.05, 4.69) is 30.6 Å². The van der Waals surface area contributed by atoms with E-state index >= 15 is 0 Å². The van der Waals surface area contributed by atoms with Gasteiger partial charge in [0.2, 0.25) is 0 Å². The Kier molecular flexibility index (Phi) is 5.09. The highest BCUT2D eigenvalue weighted by Gasteiger charge is 2.04. The number of thiol groups is 2. The Morgan fingerprint density at radius 3 is 2.05 bits per heavy atom. The molecule has 0 saturated carbocycles. The lowest BCUT2D eigenvalue weighted by Crippen LogP contribution is -2.01. The van der Waals surface area contributed by atoms with E-state index < -0.39 is 0 Å². The first-order valence-corrected chi connectivity index (χ1v) is 7.00. The Morgan fingerprint density at radius 1 is 0.900 bits per heavy atom. The van der Waals surface area contributed by atoms with Crippen LogP contribution in [-0.4, -0.2) is 14.2 Å². The van der Waals surface area contributed by atoms with Gasteiger partial charge in [0.25, 0.3) is 0 Å². The number of methoxy groups -OCH3 is 2. The lowest BCUT2D eigenvalue weighted by atomic mass is 10.2. The average molecular weight is 307 g/mol. The second-order valence-corrected chi connectivity index (χ2v) is 5.19. The Labute approximate surface area is 130 Å². The molecule has 2 aromatic carbocycles. The zero-order valence-electron chi connectivity index (χ0n) is 11.4. The molecule has 0 bridgehead atoms. The first-order chi connectivity index (χ1) is 9.63. The zero-order chi connectivity index (χ0) is 14.5. The molecule has 2 rings (SSSR count). The fourth-order valence-electron chi connectivity index (χ4n) is 1.80. The standard InChI is InChI=1S/C15H17NO2S2/c1-17-11-4-3-10(14(19)7-11)9-16-13-6-5-12(18-2)8-15(13)20/h3-8,16,19-20H,9H2,1-2H3. The molecule has 0 aliphatic heterocycles. The van der Waals surface area contributed by atoms with Crippen LogP contribution in [-0.2, 0) is 6.54 Å². The molecule has 20 heavy (non-hydrogen) atoms. The molecule has 0 aliphatic rings. The molecule has 0 aromatic heterocycles. The van der Waals surface area contributed by atoms with E-state index in [0.29, 0.717) is 6.54 Å². The van der Waals surface area contributed by atoms with Crippen LogP contribution in [0, 0.1) is 0 Å². The van der Waals surface area contributed by atoms with Crippen molar-refractivity contribution in [1.29, 1.82) is 0 Å². The third-order valence-corrected chi connectivity index (χ3v) is 3.75. The fraction of sp³-hybridized carbons (Fsp3) is 0.200. The predicted molar refractivity (Wildman–Crippen MR) is 87.8 cm³/mol. The Bertz CT molecular complexity index is 549. The summed E-state index contributed by atoms with van der Waals surface area (Å²) in [6.07, 6.45) is 0. The van der Waals surface area contributed by atoms with Crippen LogP contribution >= 0.6 is 25.3 Å². The molecule has 0 amide bonds. The molecule has 2 aromatic rings. The van der Waals surface area contributed by atoms with Crippen molar-refractivity contribution >= 4 is 30.9 Å². The minimum absolute atomic E-state index is 0.669. The van der Waals surface area contributed by atoms with Gasteiger partial charge in [-0.25, -0.2) is 0 Å². The first-order valence-electron chi connectivity index (χ1n) is 6.11. The molecule has 3 nitrogen and oxygen atoms in total. The highest BCUT2D eigenvalue weighted by Crippen LogP contribution is 2.27. The van der Waals surface area contributed by atoms with Crippen molar-refractivity contribution < 1.29 is 9.47 Å². The van der Waals surface area contributed by atoms with Crippen molar-refractivity contribution in [1.82, 2.24) is 0 Å². The largest absolute Gasteiger partial charge is 0.497 e. The summed E-state index contributed by atoms with van der Waals surface area (Å²) in [6.45, 7) is 0.669. The van der Waals surface area contributed by atoms with E-state index in [1.165, 1.54) is 0 Å². The number of rotatable bonds is 5. The van der Waals surface area contributed by atoms with Gasteiger partial charge in [-0.05, 0) is 35.9 Å². The Balaban J connectivity index is 2.09. The summed E-state index contributed by atoms with van der Waals surface area (Å²) in [7, 11) is 3.28. The van der Waals surface area contributed by atoms with Crippen molar-refractivity contribution in [2.75, 3.05) is 19.5 Å². The zero-order valence-corrected chi connectivity index (χ0v) is 13.2. The van der Waals surface area contributed by atoms with E-state index in [-0.39, 0.29) is 0 Å². The van der Waals surface area contributed by atoms with Gasteiger partial charge in [-0.3, -0.25) is 0 Å². The van der Waals surface area contributed by atoms with Crippen LogP contribution in [0.3, 0.4) is 0 Å². The van der Waals surface area contributed by atoms with E-state index in [1.807, 2.05) is 36.4 Å². The predicted octanol–water partition coefficient (Wildman–Crippen LogP) is 3.89. The number of benzene rings is 2. The van der Waals surface area contributed by atoms with Gasteiger partial charge in [0.05, 0.1) is 14.2 Å². The van der Waals surface area contributed by atoms with Crippen molar-refractivity contribution in [3.8, 4) is 11.5 Å². The monoisotopic (exact) mass is 307 g/mol. The van der Waals surface area contributed by atoms with Crippen molar-refractivity contribution in [3.63, 3.8) is 0 Å². The molecule has 0 atom stereocenters. The molecule has 0 fully saturated rings. The van der Waals surface area contributed by atoms with E-state index in [9.17, 15) is 0 Å². The summed E-state index contributed by atoms with van der Waals surface area (Å²) in [5.41, 5.74) is 2.05. The first kappa shape index (κ1) is 14.9. The van der Waals surface area contributed by atoms with Gasteiger partial charge in [0, 0.05) is 22.0 Å². The van der Waals surface area contributed by atoms with Crippen LogP contribution in [0.1, 0.15) is 5.56 Å². The van der Waals surface area contributed by atoms with Crippen LogP contribution in [0.5, 0.6) is 11.5 Å². The van der Waals surface area contributed by atoms with Gasteiger partial charge in [-0.2, -0.15) is 0 Å². The van der Waals surface area contributed by atoms with Crippen LogP contribution in [0.15, 0.2) is 46.2 Å². The topological polar surface area (TPSA) is 30.5 Å². The summed E-state index contributed by atoms with van der Waals surface area (Å²) >= 11 is 8.91.